The van der Waals surface area contributed by atoms with Gasteiger partial charge in [-0.15, -0.1) is 0 Å². The first kappa shape index (κ1) is 14.9. The normalized spacial score (nSPS) is 11.4. The van der Waals surface area contributed by atoms with Crippen LogP contribution in [0.4, 0.5) is 4.39 Å². The quantitative estimate of drug-likeness (QED) is 0.825. The predicted octanol–water partition coefficient (Wildman–Crippen LogP) is 0.658. The van der Waals surface area contributed by atoms with Crippen molar-refractivity contribution in [3.05, 3.63) is 30.0 Å². The smallest absolute Gasteiger partial charge is 0.354 e. The topological polar surface area (TPSA) is 111 Å². The summed E-state index contributed by atoms with van der Waals surface area (Å²) in [6, 6.07) is 0.808. The molecule has 0 spiro atoms. The second-order valence-electron chi connectivity index (χ2n) is 4.12. The fraction of sp³-hybridized carbons (Fsp3) is 0.182. The Bertz CT molecular complexity index is 815. The van der Waals surface area contributed by atoms with Crippen molar-refractivity contribution in [1.82, 2.24) is 14.8 Å². The van der Waals surface area contributed by atoms with Gasteiger partial charge in [0, 0.05) is 13.1 Å². The molecule has 0 amide bonds. The van der Waals surface area contributed by atoms with Crippen molar-refractivity contribution in [2.45, 2.75) is 0 Å². The lowest BCUT2D eigenvalue weighted by Crippen LogP contribution is -2.08. The summed E-state index contributed by atoms with van der Waals surface area (Å²) in [6.07, 6.45) is 2.95. The Morgan fingerprint density at radius 3 is 2.62 bits per heavy atom. The number of aromatic carboxylic acids is 1. The highest BCUT2D eigenvalue weighted by atomic mass is 32.2. The summed E-state index contributed by atoms with van der Waals surface area (Å²) in [5.74, 6) is -2.52. The molecule has 0 saturated carbocycles. The Kier molecular flexibility index (Phi) is 3.64. The largest absolute Gasteiger partial charge is 0.477 e. The molecule has 21 heavy (non-hydrogen) atoms. The minimum atomic E-state index is -3.81. The maximum Gasteiger partial charge on any atom is 0.354 e. The Hall–Kier alpha value is -2.49. The number of halogens is 1. The van der Waals surface area contributed by atoms with E-state index in [1.54, 1.807) is 0 Å². The molecule has 8 nitrogen and oxygen atoms in total. The van der Waals surface area contributed by atoms with E-state index in [2.05, 4.69) is 14.3 Å². The van der Waals surface area contributed by atoms with Crippen molar-refractivity contribution in [3.63, 3.8) is 0 Å². The maximum absolute atomic E-state index is 14.0. The molecule has 1 N–H and O–H groups in total. The molecule has 0 unspecified atom stereocenters. The molecule has 10 heteroatoms. The second-order valence-corrected chi connectivity index (χ2v) is 5.70. The summed E-state index contributed by atoms with van der Waals surface area (Å²) in [7, 11) is -2.41. The summed E-state index contributed by atoms with van der Waals surface area (Å²) in [5.41, 5.74) is -0.520. The van der Waals surface area contributed by atoms with Gasteiger partial charge in [0.15, 0.2) is 17.3 Å². The summed E-state index contributed by atoms with van der Waals surface area (Å²) in [4.78, 5) is 14.8. The third-order valence-electron chi connectivity index (χ3n) is 2.46. The predicted molar refractivity (Wildman–Crippen MR) is 68.8 cm³/mol. The number of hydrogen-bond acceptors (Lipinski definition) is 6. The van der Waals surface area contributed by atoms with E-state index in [1.165, 1.54) is 7.05 Å². The fourth-order valence-corrected chi connectivity index (χ4v) is 2.14. The van der Waals surface area contributed by atoms with Crippen LogP contribution >= 0.6 is 0 Å². The van der Waals surface area contributed by atoms with Gasteiger partial charge in [0.25, 0.3) is 0 Å². The van der Waals surface area contributed by atoms with Gasteiger partial charge in [-0.3, -0.25) is 4.68 Å². The molecule has 0 aliphatic heterocycles. The highest BCUT2D eigenvalue weighted by molar-refractivity contribution is 7.86. The molecule has 0 bridgehead atoms. The molecule has 2 heterocycles. The molecule has 0 fully saturated rings. The van der Waals surface area contributed by atoms with Crippen LogP contribution in [0.15, 0.2) is 18.5 Å². The first-order valence-corrected chi connectivity index (χ1v) is 7.31. The first-order chi connectivity index (χ1) is 9.69. The summed E-state index contributed by atoms with van der Waals surface area (Å²) in [5, 5.41) is 12.8. The minimum Gasteiger partial charge on any atom is -0.477 e. The molecule has 0 atom stereocenters. The Morgan fingerprint density at radius 1 is 1.43 bits per heavy atom. The lowest BCUT2D eigenvalue weighted by Gasteiger charge is -2.05. The van der Waals surface area contributed by atoms with Gasteiger partial charge in [-0.25, -0.2) is 14.2 Å². The summed E-state index contributed by atoms with van der Waals surface area (Å²) < 4.78 is 41.5. The molecule has 2 aromatic heterocycles. The van der Waals surface area contributed by atoms with Crippen molar-refractivity contribution in [2.75, 3.05) is 6.26 Å². The van der Waals surface area contributed by atoms with Crippen LogP contribution in [0.3, 0.4) is 0 Å². The van der Waals surface area contributed by atoms with E-state index >= 15 is 0 Å². The number of rotatable bonds is 4. The van der Waals surface area contributed by atoms with Crippen LogP contribution in [-0.4, -0.2) is 40.5 Å². The van der Waals surface area contributed by atoms with E-state index in [0.717, 1.165) is 29.4 Å². The zero-order valence-corrected chi connectivity index (χ0v) is 11.8. The van der Waals surface area contributed by atoms with E-state index in [4.69, 9.17) is 5.11 Å². The molecular weight excluding hydrogens is 305 g/mol. The van der Waals surface area contributed by atoms with Gasteiger partial charge in [-0.05, 0) is 0 Å². The van der Waals surface area contributed by atoms with Crippen LogP contribution < -0.4 is 4.18 Å². The minimum absolute atomic E-state index is 0.0200. The zero-order chi connectivity index (χ0) is 15.8. The van der Waals surface area contributed by atoms with Gasteiger partial charge in [0.2, 0.25) is 0 Å². The first-order valence-electron chi connectivity index (χ1n) is 5.49. The molecule has 0 saturated heterocycles. The number of aromatic nitrogens is 3. The monoisotopic (exact) mass is 315 g/mol. The lowest BCUT2D eigenvalue weighted by atomic mass is 10.1. The standard InChI is InChI=1S/C11H10FN3O5S/c1-15-10(11(16)17)7(5-14-15)9-8(12)3-6(4-13-9)20-21(2,18)19/h3-5H,1-2H3,(H,16,17). The SMILES string of the molecule is Cn1ncc(-c2ncc(OS(C)(=O)=O)cc2F)c1C(=O)O. The van der Waals surface area contributed by atoms with Gasteiger partial charge < -0.3 is 9.29 Å². The van der Waals surface area contributed by atoms with Gasteiger partial charge in [0.1, 0.15) is 5.69 Å². The van der Waals surface area contributed by atoms with Crippen LogP contribution in [0, 0.1) is 5.82 Å². The molecule has 2 rings (SSSR count). The van der Waals surface area contributed by atoms with Crippen LogP contribution in [0.25, 0.3) is 11.3 Å². The Labute approximate surface area is 118 Å². The van der Waals surface area contributed by atoms with Crippen molar-refractivity contribution < 1.29 is 26.9 Å². The van der Waals surface area contributed by atoms with E-state index in [1.807, 2.05) is 0 Å². The number of aryl methyl sites for hydroxylation is 1. The van der Waals surface area contributed by atoms with Crippen molar-refractivity contribution in [2.24, 2.45) is 7.05 Å². The van der Waals surface area contributed by atoms with E-state index in [9.17, 15) is 17.6 Å². The van der Waals surface area contributed by atoms with Crippen molar-refractivity contribution in [3.8, 4) is 17.0 Å². The molecule has 112 valence electrons. The Morgan fingerprint density at radius 2 is 2.10 bits per heavy atom. The zero-order valence-electron chi connectivity index (χ0n) is 10.9. The highest BCUT2D eigenvalue weighted by Gasteiger charge is 2.21. The molecule has 0 aliphatic rings. The van der Waals surface area contributed by atoms with Crippen LogP contribution in [0.2, 0.25) is 0 Å². The lowest BCUT2D eigenvalue weighted by molar-refractivity contribution is 0.0686. The highest BCUT2D eigenvalue weighted by Crippen LogP contribution is 2.26. The molecular formula is C11H10FN3O5S. The molecule has 0 radical (unpaired) electrons. The van der Waals surface area contributed by atoms with Gasteiger partial charge in [0.05, 0.1) is 24.2 Å². The van der Waals surface area contributed by atoms with Gasteiger partial charge in [-0.1, -0.05) is 0 Å². The Balaban J connectivity index is 2.50. The number of carboxylic acid groups (broad SMARTS) is 1. The van der Waals surface area contributed by atoms with Crippen LogP contribution in [0.1, 0.15) is 10.5 Å². The van der Waals surface area contributed by atoms with Crippen LogP contribution in [0.5, 0.6) is 5.75 Å². The average molecular weight is 315 g/mol. The van der Waals surface area contributed by atoms with E-state index in [0.29, 0.717) is 0 Å². The molecule has 0 aromatic carbocycles. The number of carbonyl (C=O) groups is 1. The number of nitrogens with zero attached hydrogens (tertiary/aromatic N) is 3. The summed E-state index contributed by atoms with van der Waals surface area (Å²) in [6.45, 7) is 0. The number of hydrogen-bond donors (Lipinski definition) is 1. The van der Waals surface area contributed by atoms with Crippen molar-refractivity contribution >= 4 is 16.1 Å². The number of carboxylic acids is 1. The van der Waals surface area contributed by atoms with E-state index < -0.39 is 21.9 Å². The third-order valence-corrected chi connectivity index (χ3v) is 2.96. The van der Waals surface area contributed by atoms with Gasteiger partial charge >= 0.3 is 16.1 Å². The van der Waals surface area contributed by atoms with Crippen LogP contribution in [-0.2, 0) is 17.2 Å². The maximum atomic E-state index is 14.0. The molecule has 0 aliphatic carbocycles. The average Bonchev–Trinajstić information content (AvgIpc) is 2.69. The van der Waals surface area contributed by atoms with Gasteiger partial charge in [-0.2, -0.15) is 13.5 Å². The number of pyridine rings is 1. The summed E-state index contributed by atoms with van der Waals surface area (Å²) >= 11 is 0. The second kappa shape index (κ2) is 5.13. The van der Waals surface area contributed by atoms with Crippen molar-refractivity contribution in [1.29, 1.82) is 0 Å². The fourth-order valence-electron chi connectivity index (χ4n) is 1.70. The van der Waals surface area contributed by atoms with E-state index in [-0.39, 0.29) is 22.7 Å². The molecule has 2 aromatic rings. The third kappa shape index (κ3) is 3.16.